The van der Waals surface area contributed by atoms with E-state index < -0.39 is 5.91 Å². The van der Waals surface area contributed by atoms with Gasteiger partial charge in [0.25, 0.3) is 5.91 Å². The molecule has 0 fully saturated rings. The third kappa shape index (κ3) is 5.76. The molecule has 0 saturated carbocycles. The van der Waals surface area contributed by atoms with Gasteiger partial charge in [0.1, 0.15) is 30.6 Å². The van der Waals surface area contributed by atoms with E-state index in [1.807, 2.05) is 72.8 Å². The highest BCUT2D eigenvalue weighted by Gasteiger charge is 2.18. The van der Waals surface area contributed by atoms with E-state index in [0.29, 0.717) is 60.4 Å². The quantitative estimate of drug-likeness (QED) is 0.246. The molecular weight excluding hydrogens is 508 g/mol. The van der Waals surface area contributed by atoms with Gasteiger partial charge in [-0.1, -0.05) is 24.3 Å². The first-order valence-corrected chi connectivity index (χ1v) is 12.8. The fraction of sp³-hybridized carbons (Fsp3) is 0.194. The largest absolute Gasteiger partial charge is 0.493 e. The number of amides is 1. The molecule has 2 heterocycles. The second-order valence-corrected chi connectivity index (χ2v) is 8.94. The number of carbonyl (C=O) groups excluding carboxylic acids is 1. The Morgan fingerprint density at radius 2 is 1.80 bits per heavy atom. The van der Waals surface area contributed by atoms with Crippen LogP contribution in [-0.4, -0.2) is 49.7 Å². The van der Waals surface area contributed by atoms with Crippen molar-refractivity contribution in [3.8, 4) is 46.0 Å². The van der Waals surface area contributed by atoms with Gasteiger partial charge in [-0.15, -0.1) is 0 Å². The Kier molecular flexibility index (Phi) is 7.97. The number of methoxy groups -OCH3 is 2. The van der Waals surface area contributed by atoms with Crippen molar-refractivity contribution in [2.24, 2.45) is 0 Å². The molecule has 0 aliphatic carbocycles. The molecular formula is C31H28N4O5. The molecule has 1 aromatic heterocycles. The number of carbonyl (C=O) groups is 1. The average Bonchev–Trinajstić information content (AvgIpc) is 3.43. The van der Waals surface area contributed by atoms with Crippen LogP contribution in [0.4, 0.5) is 0 Å². The van der Waals surface area contributed by atoms with E-state index in [2.05, 4.69) is 5.32 Å². The molecule has 3 aromatic carbocycles. The first-order chi connectivity index (χ1) is 19.6. The van der Waals surface area contributed by atoms with E-state index in [-0.39, 0.29) is 5.57 Å². The van der Waals surface area contributed by atoms with Crippen LogP contribution in [0, 0.1) is 11.3 Å². The summed E-state index contributed by atoms with van der Waals surface area (Å²) in [5.74, 6) is 2.08. The Hall–Kier alpha value is -5.23. The van der Waals surface area contributed by atoms with Crippen LogP contribution in [0.1, 0.15) is 11.1 Å². The van der Waals surface area contributed by atoms with Crippen LogP contribution in [0.2, 0.25) is 0 Å². The van der Waals surface area contributed by atoms with Gasteiger partial charge < -0.3 is 24.3 Å². The first-order valence-electron chi connectivity index (χ1n) is 12.8. The third-order valence-electron chi connectivity index (χ3n) is 6.39. The molecule has 40 heavy (non-hydrogen) atoms. The molecule has 0 unspecified atom stereocenters. The van der Waals surface area contributed by atoms with Crippen molar-refractivity contribution in [3.63, 3.8) is 0 Å². The van der Waals surface area contributed by atoms with Crippen LogP contribution in [0.15, 0.2) is 78.5 Å². The lowest BCUT2D eigenvalue weighted by atomic mass is 10.0. The number of aromatic nitrogens is 2. The first kappa shape index (κ1) is 26.4. The van der Waals surface area contributed by atoms with E-state index in [9.17, 15) is 10.1 Å². The zero-order valence-electron chi connectivity index (χ0n) is 22.2. The van der Waals surface area contributed by atoms with Crippen LogP contribution < -0.4 is 24.3 Å². The molecule has 1 aliphatic rings. The smallest absolute Gasteiger partial charge is 0.261 e. The number of nitrogens with zero attached hydrogens (tertiary/aromatic N) is 3. The maximum Gasteiger partial charge on any atom is 0.261 e. The van der Waals surface area contributed by atoms with Crippen molar-refractivity contribution in [1.82, 2.24) is 15.1 Å². The molecule has 1 aliphatic heterocycles. The summed E-state index contributed by atoms with van der Waals surface area (Å²) in [6, 6.07) is 22.8. The van der Waals surface area contributed by atoms with Gasteiger partial charge in [-0.2, -0.15) is 10.4 Å². The molecule has 5 rings (SSSR count). The lowest BCUT2D eigenvalue weighted by Crippen LogP contribution is -2.26. The number of para-hydroxylation sites is 1. The van der Waals surface area contributed by atoms with Gasteiger partial charge in [0.05, 0.1) is 19.9 Å². The number of nitrogens with one attached hydrogen (secondary N) is 1. The van der Waals surface area contributed by atoms with E-state index in [4.69, 9.17) is 24.0 Å². The van der Waals surface area contributed by atoms with Crippen LogP contribution in [-0.2, 0) is 11.2 Å². The summed E-state index contributed by atoms with van der Waals surface area (Å²) in [5.41, 5.74) is 3.78. The predicted molar refractivity (Wildman–Crippen MR) is 150 cm³/mol. The number of benzene rings is 3. The molecule has 202 valence electrons. The van der Waals surface area contributed by atoms with Crippen LogP contribution in [0.25, 0.3) is 23.0 Å². The Labute approximate surface area is 232 Å². The molecule has 4 aromatic rings. The molecule has 0 bridgehead atoms. The lowest BCUT2D eigenvalue weighted by molar-refractivity contribution is -0.117. The van der Waals surface area contributed by atoms with Crippen molar-refractivity contribution >= 4 is 12.0 Å². The maximum absolute atomic E-state index is 13.0. The Morgan fingerprint density at radius 3 is 2.55 bits per heavy atom. The van der Waals surface area contributed by atoms with Crippen molar-refractivity contribution in [1.29, 1.82) is 5.26 Å². The van der Waals surface area contributed by atoms with Crippen molar-refractivity contribution < 1.29 is 23.7 Å². The fourth-order valence-electron chi connectivity index (χ4n) is 4.38. The van der Waals surface area contributed by atoms with Gasteiger partial charge in [0.15, 0.2) is 23.0 Å². The molecule has 9 heteroatoms. The number of hydrogen-bond donors (Lipinski definition) is 1. The van der Waals surface area contributed by atoms with Crippen molar-refractivity contribution in [2.45, 2.75) is 6.42 Å². The standard InChI is InChI=1S/C31H28N4O5/c1-37-26-10-8-21(16-28(26)38-2)12-13-33-31(36)23(19-32)17-24-20-35(25-6-4-3-5-7-25)34-30(24)22-9-11-27-29(18-22)40-15-14-39-27/h3-11,16-18,20H,12-15H2,1-2H3,(H,33,36)/b23-17+. The zero-order chi connectivity index (χ0) is 27.9. The minimum absolute atomic E-state index is 0.0290. The van der Waals surface area contributed by atoms with E-state index >= 15 is 0 Å². The van der Waals surface area contributed by atoms with Gasteiger partial charge in [-0.3, -0.25) is 4.79 Å². The van der Waals surface area contributed by atoms with Gasteiger partial charge in [0.2, 0.25) is 0 Å². The summed E-state index contributed by atoms with van der Waals surface area (Å²) in [4.78, 5) is 13.0. The molecule has 0 atom stereocenters. The normalized spacial score (nSPS) is 12.4. The van der Waals surface area contributed by atoms with E-state index in [0.717, 1.165) is 16.8 Å². The highest BCUT2D eigenvalue weighted by atomic mass is 16.6. The molecule has 1 N–H and O–H groups in total. The average molecular weight is 537 g/mol. The number of hydrogen-bond acceptors (Lipinski definition) is 7. The monoisotopic (exact) mass is 536 g/mol. The SMILES string of the molecule is COc1ccc(CCNC(=O)/C(C#N)=C/c2cn(-c3ccccc3)nc2-c2ccc3c(c2)OCCO3)cc1OC. The second-order valence-electron chi connectivity index (χ2n) is 8.94. The third-order valence-corrected chi connectivity index (χ3v) is 6.39. The Morgan fingerprint density at radius 1 is 1.02 bits per heavy atom. The van der Waals surface area contributed by atoms with Crippen molar-refractivity contribution in [3.05, 3.63) is 89.6 Å². The summed E-state index contributed by atoms with van der Waals surface area (Å²) in [6.07, 6.45) is 3.92. The van der Waals surface area contributed by atoms with Crippen LogP contribution in [0.3, 0.4) is 0 Å². The topological polar surface area (TPSA) is 108 Å². The van der Waals surface area contributed by atoms with Gasteiger partial charge >= 0.3 is 0 Å². The highest BCUT2D eigenvalue weighted by molar-refractivity contribution is 6.02. The molecule has 0 spiro atoms. The zero-order valence-corrected chi connectivity index (χ0v) is 22.2. The number of fused-ring (bicyclic) bond motifs is 1. The van der Waals surface area contributed by atoms with Crippen LogP contribution in [0.5, 0.6) is 23.0 Å². The van der Waals surface area contributed by atoms with Gasteiger partial charge in [0, 0.05) is 23.9 Å². The highest BCUT2D eigenvalue weighted by Crippen LogP contribution is 2.36. The summed E-state index contributed by atoms with van der Waals surface area (Å²) >= 11 is 0. The summed E-state index contributed by atoms with van der Waals surface area (Å²) in [5, 5.41) is 17.5. The Balaban J connectivity index is 1.40. The number of ether oxygens (including phenoxy) is 4. The summed E-state index contributed by atoms with van der Waals surface area (Å²) in [6.45, 7) is 1.30. The molecule has 0 radical (unpaired) electrons. The molecule has 0 saturated heterocycles. The summed E-state index contributed by atoms with van der Waals surface area (Å²) in [7, 11) is 3.16. The minimum atomic E-state index is -0.469. The molecule has 1 amide bonds. The van der Waals surface area contributed by atoms with Crippen molar-refractivity contribution in [2.75, 3.05) is 34.0 Å². The van der Waals surface area contributed by atoms with E-state index in [1.54, 1.807) is 31.2 Å². The minimum Gasteiger partial charge on any atom is -0.493 e. The second kappa shape index (κ2) is 12.1. The summed E-state index contributed by atoms with van der Waals surface area (Å²) < 4.78 is 23.8. The van der Waals surface area contributed by atoms with Crippen LogP contribution >= 0.6 is 0 Å². The maximum atomic E-state index is 13.0. The number of nitriles is 1. The lowest BCUT2D eigenvalue weighted by Gasteiger charge is -2.18. The predicted octanol–water partition coefficient (Wildman–Crippen LogP) is 4.59. The van der Waals surface area contributed by atoms with Gasteiger partial charge in [-0.05, 0) is 60.5 Å². The van der Waals surface area contributed by atoms with Gasteiger partial charge in [-0.25, -0.2) is 4.68 Å². The Bertz CT molecular complexity index is 1590. The van der Waals surface area contributed by atoms with E-state index in [1.165, 1.54) is 0 Å². The molecule has 9 nitrogen and oxygen atoms in total. The fourth-order valence-corrected chi connectivity index (χ4v) is 4.38. The number of rotatable bonds is 9.